The number of rotatable bonds is 2. The normalized spacial score (nSPS) is 10.5. The Morgan fingerprint density at radius 1 is 1.25 bits per heavy atom. The summed E-state index contributed by atoms with van der Waals surface area (Å²) in [6, 6.07) is 0. The van der Waals surface area contributed by atoms with Crippen molar-refractivity contribution >= 4 is 46.5 Å². The summed E-state index contributed by atoms with van der Waals surface area (Å²) in [4.78, 5) is 0. The van der Waals surface area contributed by atoms with Gasteiger partial charge in [0.2, 0.25) is 0 Å². The van der Waals surface area contributed by atoms with Gasteiger partial charge in [0.25, 0.3) is 0 Å². The first kappa shape index (κ1) is 12.2. The average molecular weight is 333 g/mol. The fourth-order valence-electron chi connectivity index (χ4n) is 0.250. The van der Waals surface area contributed by atoms with E-state index in [0.717, 1.165) is 0 Å². The fourth-order valence-corrected chi connectivity index (χ4v) is 0.250. The average Bonchev–Trinajstić information content (AvgIpc) is 1.68. The van der Waals surface area contributed by atoms with Gasteiger partial charge in [-0.25, -0.2) is 0 Å². The Morgan fingerprint density at radius 2 is 1.50 bits per heavy atom. The first-order valence-electron chi connectivity index (χ1n) is 2.81. The molecule has 0 fully saturated rings. The molecule has 0 aromatic rings. The number of hydrogen-bond donors (Lipinski definition) is 0. The summed E-state index contributed by atoms with van der Waals surface area (Å²) in [5.41, 5.74) is 0. The maximum atomic E-state index is 2.50. The summed E-state index contributed by atoms with van der Waals surface area (Å²) < 4.78 is 0.553. The van der Waals surface area contributed by atoms with Gasteiger partial charge in [-0.2, -0.15) is 0 Å². The van der Waals surface area contributed by atoms with E-state index in [4.69, 9.17) is 0 Å². The van der Waals surface area contributed by atoms with E-state index < -0.39 is 0 Å². The molecule has 8 heavy (non-hydrogen) atoms. The van der Waals surface area contributed by atoms with Crippen LogP contribution in [0.3, 0.4) is 0 Å². The summed E-state index contributed by atoms with van der Waals surface area (Å²) in [5, 5.41) is 0. The van der Waals surface area contributed by atoms with E-state index in [-0.39, 0.29) is 23.9 Å². The maximum absolute atomic E-state index is 2.50. The van der Waals surface area contributed by atoms with Gasteiger partial charge in [0.1, 0.15) is 0 Å². The van der Waals surface area contributed by atoms with E-state index in [9.17, 15) is 0 Å². The molecule has 0 rings (SSSR count). The summed E-state index contributed by atoms with van der Waals surface area (Å²) in [6.45, 7) is 6.75. The summed E-state index contributed by atoms with van der Waals surface area (Å²) >= 11 is 2.50. The molecule has 0 heterocycles. The van der Waals surface area contributed by atoms with Crippen LogP contribution in [0, 0.1) is 0 Å². The van der Waals surface area contributed by atoms with Crippen LogP contribution >= 0.6 is 22.6 Å². The first-order valence-corrected chi connectivity index (χ1v) is 3.89. The molecule has 0 bridgehead atoms. The second-order valence-electron chi connectivity index (χ2n) is 2.12. The Morgan fingerprint density at radius 3 is 1.50 bits per heavy atom. The van der Waals surface area contributed by atoms with E-state index in [0.29, 0.717) is 3.42 Å². The van der Waals surface area contributed by atoms with Crippen molar-refractivity contribution in [3.05, 3.63) is 0 Å². The standard InChI is InChI=1S/C6H13I.Sn.2H/c1-4-6(3,7)5-2;;;/h4-5H2,1-3H3;;;. The predicted molar refractivity (Wildman–Crippen MR) is 51.6 cm³/mol. The summed E-state index contributed by atoms with van der Waals surface area (Å²) in [7, 11) is 0. The molecule has 2 radical (unpaired) electrons. The van der Waals surface area contributed by atoms with E-state index in [1.165, 1.54) is 12.8 Å². The molecule has 0 aromatic carbocycles. The molecule has 0 atom stereocenters. The quantitative estimate of drug-likeness (QED) is 0.413. The molecule has 0 unspecified atom stereocenters. The zero-order valence-electron chi connectivity index (χ0n) is 6.00. The Labute approximate surface area is 82.9 Å². The molecule has 0 aromatic heterocycles. The van der Waals surface area contributed by atoms with Crippen molar-refractivity contribution in [1.82, 2.24) is 0 Å². The van der Waals surface area contributed by atoms with Crippen molar-refractivity contribution in [2.75, 3.05) is 0 Å². The third-order valence-corrected chi connectivity index (χ3v) is 3.00. The summed E-state index contributed by atoms with van der Waals surface area (Å²) in [5.74, 6) is 0. The molecular weight excluding hydrogens is 318 g/mol. The van der Waals surface area contributed by atoms with Gasteiger partial charge in [0.15, 0.2) is 0 Å². The molecule has 0 nitrogen and oxygen atoms in total. The van der Waals surface area contributed by atoms with Gasteiger partial charge in [-0.15, -0.1) is 0 Å². The van der Waals surface area contributed by atoms with E-state index in [2.05, 4.69) is 43.4 Å². The van der Waals surface area contributed by atoms with Crippen molar-refractivity contribution in [3.8, 4) is 0 Å². The SMILES string of the molecule is CCC(C)(I)CC.[SnH2]. The van der Waals surface area contributed by atoms with Crippen LogP contribution in [0.1, 0.15) is 33.6 Å². The molecule has 0 aliphatic rings. The molecule has 0 aliphatic carbocycles. The zero-order chi connectivity index (χ0) is 5.91. The molecule has 0 saturated carbocycles. The molecule has 0 amide bonds. The van der Waals surface area contributed by atoms with E-state index in [1.54, 1.807) is 0 Å². The van der Waals surface area contributed by atoms with E-state index >= 15 is 0 Å². The molecular formula is C6H15ISn. The van der Waals surface area contributed by atoms with Crippen molar-refractivity contribution in [2.45, 2.75) is 37.0 Å². The number of hydrogen-bond acceptors (Lipinski definition) is 0. The van der Waals surface area contributed by atoms with Crippen molar-refractivity contribution in [3.63, 3.8) is 0 Å². The monoisotopic (exact) mass is 334 g/mol. The van der Waals surface area contributed by atoms with Gasteiger partial charge >= 0.3 is 23.9 Å². The zero-order valence-corrected chi connectivity index (χ0v) is 12.2. The Balaban J connectivity index is 0. The minimum atomic E-state index is 0. The van der Waals surface area contributed by atoms with Gasteiger partial charge in [-0.1, -0.05) is 43.4 Å². The number of halogens is 1. The Hall–Kier alpha value is 1.53. The second kappa shape index (κ2) is 5.32. The molecule has 0 saturated heterocycles. The number of alkyl halides is 1. The van der Waals surface area contributed by atoms with Crippen molar-refractivity contribution in [1.29, 1.82) is 0 Å². The van der Waals surface area contributed by atoms with Gasteiger partial charge in [0.05, 0.1) is 0 Å². The second-order valence-corrected chi connectivity index (χ2v) is 4.72. The Kier molecular flexibility index (Phi) is 8.14. The van der Waals surface area contributed by atoms with Gasteiger partial charge < -0.3 is 0 Å². The summed E-state index contributed by atoms with van der Waals surface area (Å²) in [6.07, 6.45) is 2.56. The van der Waals surface area contributed by atoms with Gasteiger partial charge in [0, 0.05) is 3.42 Å². The topological polar surface area (TPSA) is 0 Å². The minimum absolute atomic E-state index is 0. The van der Waals surface area contributed by atoms with Crippen LogP contribution in [0.5, 0.6) is 0 Å². The molecule has 2 heteroatoms. The van der Waals surface area contributed by atoms with Gasteiger partial charge in [-0.3, -0.25) is 0 Å². The van der Waals surface area contributed by atoms with E-state index in [1.807, 2.05) is 0 Å². The van der Waals surface area contributed by atoms with Crippen LogP contribution < -0.4 is 0 Å². The van der Waals surface area contributed by atoms with Crippen LogP contribution in [0.15, 0.2) is 0 Å². The molecule has 50 valence electrons. The predicted octanol–water partition coefficient (Wildman–Crippen LogP) is 2.08. The van der Waals surface area contributed by atoms with Crippen LogP contribution in [-0.4, -0.2) is 27.3 Å². The van der Waals surface area contributed by atoms with Gasteiger partial charge in [-0.05, 0) is 12.8 Å². The third-order valence-electron chi connectivity index (χ3n) is 1.47. The molecule has 0 N–H and O–H groups in total. The van der Waals surface area contributed by atoms with Crippen LogP contribution in [0.25, 0.3) is 0 Å². The van der Waals surface area contributed by atoms with Crippen LogP contribution in [-0.2, 0) is 0 Å². The molecule has 0 spiro atoms. The van der Waals surface area contributed by atoms with Crippen LogP contribution in [0.4, 0.5) is 0 Å². The third kappa shape index (κ3) is 5.66. The van der Waals surface area contributed by atoms with Crippen molar-refractivity contribution in [2.24, 2.45) is 0 Å². The van der Waals surface area contributed by atoms with Crippen molar-refractivity contribution < 1.29 is 0 Å². The Bertz CT molecular complexity index is 46.5. The fraction of sp³-hybridized carbons (Fsp3) is 1.00. The first-order chi connectivity index (χ1) is 3.12. The molecule has 0 aliphatic heterocycles. The van der Waals surface area contributed by atoms with Crippen LogP contribution in [0.2, 0.25) is 0 Å².